The Morgan fingerprint density at radius 1 is 0.383 bits per heavy atom. The maximum absolute atomic E-state index is 12.3. The monoisotopic (exact) mass is 2100 g/mol. The number of pyridine rings is 3. The molecule has 18 nitrogen and oxygen atoms in total. The molecule has 862 valence electrons. The van der Waals surface area contributed by atoms with Gasteiger partial charge in [-0.25, -0.2) is 18.4 Å². The molecule has 149 heavy (non-hydrogen) atoms. The fourth-order valence-electron chi connectivity index (χ4n) is 15.3. The molecule has 3 fully saturated rings. The summed E-state index contributed by atoms with van der Waals surface area (Å²) >= 11 is 0. The molecule has 4 heterocycles. The number of nitrogens with one attached hydrogen (secondary N) is 5. The van der Waals surface area contributed by atoms with E-state index < -0.39 is 9.84 Å². The van der Waals surface area contributed by atoms with Gasteiger partial charge >= 0.3 is 0 Å². The van der Waals surface area contributed by atoms with Crippen molar-refractivity contribution in [3.63, 3.8) is 0 Å². The first-order chi connectivity index (χ1) is 67.1. The van der Waals surface area contributed by atoms with Crippen molar-refractivity contribution in [3.05, 3.63) is 156 Å². The molecule has 9 rings (SSSR count). The molecule has 0 bridgehead atoms. The number of likely N-dealkylation sites (tertiary alicyclic amines) is 1. The minimum Gasteiger partial charge on any atom is -0.493 e. The fourth-order valence-corrected chi connectivity index (χ4v) is 16.6. The van der Waals surface area contributed by atoms with E-state index in [9.17, 15) is 8.42 Å². The van der Waals surface area contributed by atoms with Crippen molar-refractivity contribution >= 4 is 9.84 Å². The first kappa shape index (κ1) is 145. The van der Waals surface area contributed by atoms with Crippen molar-refractivity contribution in [2.75, 3.05) is 64.8 Å². The van der Waals surface area contributed by atoms with Gasteiger partial charge in [0.15, 0.2) is 9.84 Å². The third-order valence-corrected chi connectivity index (χ3v) is 25.8. The number of benzene rings is 3. The molecular formula is C130H237N9O9S. The van der Waals surface area contributed by atoms with Gasteiger partial charge in [0.1, 0.15) is 47.4 Å². The van der Waals surface area contributed by atoms with Crippen LogP contribution in [0.25, 0.3) is 0 Å². The van der Waals surface area contributed by atoms with E-state index in [4.69, 9.17) is 33.2 Å². The van der Waals surface area contributed by atoms with Gasteiger partial charge in [-0.3, -0.25) is 4.98 Å². The lowest BCUT2D eigenvalue weighted by molar-refractivity contribution is 0.00217. The number of rotatable bonds is 35. The van der Waals surface area contributed by atoms with Crippen LogP contribution in [0.5, 0.6) is 34.8 Å². The van der Waals surface area contributed by atoms with Crippen LogP contribution in [0.2, 0.25) is 0 Å². The van der Waals surface area contributed by atoms with Crippen LogP contribution in [-0.4, -0.2) is 163 Å². The molecule has 2 atom stereocenters. The average molecular weight is 2100 g/mol. The van der Waals surface area contributed by atoms with Crippen molar-refractivity contribution in [3.8, 4) is 34.8 Å². The Morgan fingerprint density at radius 2 is 0.772 bits per heavy atom. The lowest BCUT2D eigenvalue weighted by atomic mass is 9.87. The summed E-state index contributed by atoms with van der Waals surface area (Å²) in [4.78, 5) is 16.0. The Hall–Kier alpha value is -6.42. The van der Waals surface area contributed by atoms with Crippen molar-refractivity contribution in [1.29, 1.82) is 0 Å². The summed E-state index contributed by atoms with van der Waals surface area (Å²) in [6.07, 6.45) is 24.8. The number of piperidine rings is 1. The summed E-state index contributed by atoms with van der Waals surface area (Å²) in [5.74, 6) is 5.24. The van der Waals surface area contributed by atoms with Crippen molar-refractivity contribution in [2.24, 2.45) is 32.5 Å². The van der Waals surface area contributed by atoms with Gasteiger partial charge in [-0.1, -0.05) is 254 Å². The van der Waals surface area contributed by atoms with Crippen molar-refractivity contribution in [1.82, 2.24) is 46.4 Å². The Kier molecular flexibility index (Phi) is 64.3. The second-order valence-electron chi connectivity index (χ2n) is 56.6. The molecule has 2 aliphatic carbocycles. The van der Waals surface area contributed by atoms with Crippen LogP contribution in [-0.2, 0) is 43.7 Å². The normalized spacial score (nSPS) is 16.5. The lowest BCUT2D eigenvalue weighted by Crippen LogP contribution is -2.53. The molecule has 0 unspecified atom stereocenters. The number of nitrogens with zero attached hydrogens (tertiary/aromatic N) is 4. The zero-order valence-electron chi connectivity index (χ0n) is 104. The summed E-state index contributed by atoms with van der Waals surface area (Å²) in [5.41, 5.74) is 9.39. The van der Waals surface area contributed by atoms with Crippen LogP contribution >= 0.6 is 0 Å². The highest BCUT2D eigenvalue weighted by Crippen LogP contribution is 2.35. The molecule has 6 aromatic rings. The van der Waals surface area contributed by atoms with E-state index in [1.807, 2.05) is 82.7 Å². The van der Waals surface area contributed by atoms with Gasteiger partial charge in [0, 0.05) is 108 Å². The maximum atomic E-state index is 12.3. The van der Waals surface area contributed by atoms with E-state index in [-0.39, 0.29) is 87.6 Å². The molecule has 0 radical (unpaired) electrons. The molecule has 1 saturated heterocycles. The van der Waals surface area contributed by atoms with Gasteiger partial charge in [-0.15, -0.1) is 0 Å². The topological polar surface area (TPSA) is 201 Å². The summed E-state index contributed by atoms with van der Waals surface area (Å²) in [6.45, 7) is 113. The standard InChI is InChI=1S/2C20H33NO.C18H37NO.C18H30O3S.3C16H28N2O.2C2H6.2CH4/c2*1-19(2,3)11-10-15-8-7-9-17(12-15)22-18-13-16(14-18)21-20(4,5)6;1-17(2,3)10-7-15-20-16-8-12-19(13-9-16)14-11-18(4,5)6;1-17(2,3)12-7-13-22(19,20)16-10-8-15(9-11-16)21-14-18(4,5)6;2*1-12(11-18-16(5,6)7)19-14-10-13(8-9-17-14)15(2,3)4;1-15(2,3)14-9-8-13(12-17-14)19-11-7-10-18-16(4,5)6;2*1-2;;/h2*7-9,12,16,18,21H,10-11,13-14H2,1-6H3;16H,7-15H2,1-6H3;8-11H,7,12-14H2,1-6H3;2*8-10,12,18H,11H2,1-7H3;8-9,12,18H,7,10-11H2,1-6H3;2*1-2H3;2*1H4/t;;;;2*12-;;;;;/m....10...../s1. The maximum Gasteiger partial charge on any atom is 0.213 e. The van der Waals surface area contributed by atoms with Gasteiger partial charge in [0.05, 0.1) is 36.2 Å². The third-order valence-electron chi connectivity index (χ3n) is 24.0. The number of ether oxygens (including phenoxy) is 7. The molecule has 3 aliphatic rings. The zero-order valence-corrected chi connectivity index (χ0v) is 105. The van der Waals surface area contributed by atoms with Crippen LogP contribution in [0, 0.1) is 32.5 Å². The van der Waals surface area contributed by atoms with Gasteiger partial charge < -0.3 is 64.6 Å². The van der Waals surface area contributed by atoms with E-state index in [0.717, 1.165) is 107 Å². The van der Waals surface area contributed by atoms with E-state index >= 15 is 0 Å². The van der Waals surface area contributed by atoms with Crippen molar-refractivity contribution < 1.29 is 41.6 Å². The summed E-state index contributed by atoms with van der Waals surface area (Å²) in [7, 11) is -3.20. The molecule has 19 heteroatoms. The highest BCUT2D eigenvalue weighted by molar-refractivity contribution is 7.91. The number of sulfone groups is 1. The van der Waals surface area contributed by atoms with Gasteiger partial charge in [-0.05, 0) is 372 Å². The van der Waals surface area contributed by atoms with Crippen LogP contribution in [0.15, 0.2) is 133 Å². The Morgan fingerprint density at radius 3 is 1.12 bits per heavy atom. The van der Waals surface area contributed by atoms with Crippen LogP contribution < -0.4 is 55.0 Å². The van der Waals surface area contributed by atoms with Crippen LogP contribution in [0.4, 0.5) is 0 Å². The van der Waals surface area contributed by atoms with E-state index in [2.05, 4.69) is 400 Å². The van der Waals surface area contributed by atoms with Gasteiger partial charge in [0.25, 0.3) is 0 Å². The van der Waals surface area contributed by atoms with Gasteiger partial charge in [0.2, 0.25) is 11.8 Å². The highest BCUT2D eigenvalue weighted by Gasteiger charge is 2.36. The molecular weight excluding hydrogens is 1860 g/mol. The van der Waals surface area contributed by atoms with E-state index in [1.165, 1.54) is 86.8 Å². The predicted molar refractivity (Wildman–Crippen MR) is 648 cm³/mol. The average Bonchev–Trinajstić information content (AvgIpc) is 0.823. The smallest absolute Gasteiger partial charge is 0.213 e. The predicted octanol–water partition coefficient (Wildman–Crippen LogP) is 33.3. The minimum atomic E-state index is -3.20. The molecule has 1 aliphatic heterocycles. The molecule has 2 saturated carbocycles. The Bertz CT molecular complexity index is 4400. The SMILES string of the molecule is C.C.CC.CC.CC(C)(C)CCCOC1CCN(CCC(C)(C)C)CC1.CC(C)(C)CCCS(=O)(=O)c1ccc(OCC(C)(C)C)cc1.CC(C)(C)CCc1cccc(OC2CC(NC(C)(C)C)C2)c1.CC(C)(C)CCc1cccc(OC2CC(NC(C)(C)C)C2)c1.CC(C)(C)NCCCOc1ccc(C(C)(C)C)nc1.C[C@@H](CNC(C)(C)C)Oc1cc(C(C)(C)C)ccn1.C[C@H](CNC(C)(C)C)Oc1cc(C(C)(C)C)ccn1. The van der Waals surface area contributed by atoms with Crippen molar-refractivity contribution in [2.45, 2.75) is 541 Å². The molecule has 0 amide bonds. The number of hydrogen-bond donors (Lipinski definition) is 5. The number of hydrogen-bond acceptors (Lipinski definition) is 18. The molecule has 0 spiro atoms. The molecule has 3 aromatic carbocycles. The first-order valence-electron chi connectivity index (χ1n) is 56.6. The van der Waals surface area contributed by atoms with Crippen LogP contribution in [0.3, 0.4) is 0 Å². The summed E-state index contributed by atoms with van der Waals surface area (Å²) in [6, 6.07) is 37.5. The molecule has 3 aromatic heterocycles. The second kappa shape index (κ2) is 66.2. The second-order valence-corrected chi connectivity index (χ2v) is 58.7. The number of aromatic nitrogens is 3. The Balaban J connectivity index is 0. The highest BCUT2D eigenvalue weighted by atomic mass is 32.2. The largest absolute Gasteiger partial charge is 0.493 e. The van der Waals surface area contributed by atoms with E-state index in [1.54, 1.807) is 24.3 Å². The van der Waals surface area contributed by atoms with Gasteiger partial charge in [-0.2, -0.15) is 0 Å². The fraction of sp³-hybridized carbons (Fsp3) is 0.746. The zero-order chi connectivity index (χ0) is 113. The Labute approximate surface area is 921 Å². The summed E-state index contributed by atoms with van der Waals surface area (Å²) < 4.78 is 66.0. The third kappa shape index (κ3) is 75.9. The molecule has 5 N–H and O–H groups in total. The summed E-state index contributed by atoms with van der Waals surface area (Å²) in [5, 5.41) is 17.6. The van der Waals surface area contributed by atoms with Crippen LogP contribution in [0.1, 0.15) is 465 Å². The lowest BCUT2D eigenvalue weighted by Gasteiger charge is -2.40. The first-order valence-corrected chi connectivity index (χ1v) is 58.2. The minimum absolute atomic E-state index is 0. The van der Waals surface area contributed by atoms with E-state index in [0.29, 0.717) is 87.5 Å². The number of aryl methyl sites for hydroxylation is 2. The quantitative estimate of drug-likeness (QED) is 0.0235.